The number of fused-ring (bicyclic) bond motifs is 1. The number of benzene rings is 3. The van der Waals surface area contributed by atoms with Gasteiger partial charge in [-0.15, -0.1) is 0 Å². The number of carbonyl (C=O) groups is 2. The van der Waals surface area contributed by atoms with Crippen LogP contribution in [0.3, 0.4) is 0 Å². The van der Waals surface area contributed by atoms with Crippen molar-refractivity contribution < 1.29 is 14.4 Å². The van der Waals surface area contributed by atoms with Crippen LogP contribution in [0.5, 0.6) is 0 Å². The minimum Gasteiger partial charge on any atom is -0.318 e. The highest BCUT2D eigenvalue weighted by Gasteiger charge is 2.59. The summed E-state index contributed by atoms with van der Waals surface area (Å²) in [6, 6.07) is 25.2. The third kappa shape index (κ3) is 4.03. The van der Waals surface area contributed by atoms with Gasteiger partial charge in [0.2, 0.25) is 0 Å². The van der Waals surface area contributed by atoms with Gasteiger partial charge in [0, 0.05) is 17.0 Å². The van der Waals surface area contributed by atoms with E-state index in [0.717, 1.165) is 27.7 Å². The van der Waals surface area contributed by atoms with Crippen molar-refractivity contribution >= 4 is 55.2 Å². The van der Waals surface area contributed by atoms with E-state index < -0.39 is 17.3 Å². The number of thioether (sulfide) groups is 1. The third-order valence-corrected chi connectivity index (χ3v) is 7.93. The fourth-order valence-electron chi connectivity index (χ4n) is 4.72. The molecule has 1 heterocycles. The fraction of sp³-hybridized carbons (Fsp3) is 0.185. The van der Waals surface area contributed by atoms with Gasteiger partial charge < -0.3 is 4.84 Å². The molecule has 170 valence electrons. The number of aryl methyl sites for hydroxylation is 1. The van der Waals surface area contributed by atoms with Crippen molar-refractivity contribution in [2.24, 2.45) is 15.6 Å². The molecule has 34 heavy (non-hydrogen) atoms. The molecule has 1 aliphatic carbocycles. The first kappa shape index (κ1) is 22.7. The molecule has 0 bridgehead atoms. The number of nitrogens with zero attached hydrogens (tertiary/aromatic N) is 2. The number of halogens is 1. The fourth-order valence-corrected chi connectivity index (χ4v) is 6.35. The Bertz CT molecular complexity index is 1320. The largest absolute Gasteiger partial charge is 0.332 e. The van der Waals surface area contributed by atoms with Crippen LogP contribution in [0.15, 0.2) is 93.5 Å². The summed E-state index contributed by atoms with van der Waals surface area (Å²) in [5.74, 6) is -0.889. The number of hydrogen-bond donors (Lipinski definition) is 0. The van der Waals surface area contributed by atoms with E-state index in [1.165, 1.54) is 18.7 Å². The minimum absolute atomic E-state index is 0.0274. The van der Waals surface area contributed by atoms with Gasteiger partial charge in [0.15, 0.2) is 5.78 Å². The number of oxime groups is 1. The number of ketones is 1. The van der Waals surface area contributed by atoms with Gasteiger partial charge in [-0.05, 0) is 48.2 Å². The highest BCUT2D eigenvalue weighted by Crippen LogP contribution is 2.57. The van der Waals surface area contributed by atoms with E-state index in [1.807, 2.05) is 78.9 Å². The first-order valence-corrected chi connectivity index (χ1v) is 12.6. The SMILES string of the molecule is CC(=O)O/N=C1\SC(=Nc2ccc(Br)cc2)[C@]2(CCc3ccccc3C2=O)[C@H]1c1ccccc1. The van der Waals surface area contributed by atoms with Crippen LogP contribution >= 0.6 is 27.7 Å². The Morgan fingerprint density at radius 2 is 1.74 bits per heavy atom. The zero-order valence-electron chi connectivity index (χ0n) is 18.4. The summed E-state index contributed by atoms with van der Waals surface area (Å²) < 4.78 is 0.951. The van der Waals surface area contributed by atoms with Gasteiger partial charge >= 0.3 is 5.97 Å². The third-order valence-electron chi connectivity index (χ3n) is 6.23. The Balaban J connectivity index is 1.74. The Kier molecular flexibility index (Phi) is 6.23. The molecule has 1 fully saturated rings. The molecule has 2 aliphatic rings. The molecular formula is C27H21BrN2O3S. The van der Waals surface area contributed by atoms with E-state index >= 15 is 0 Å². The lowest BCUT2D eigenvalue weighted by Gasteiger charge is -2.37. The predicted octanol–water partition coefficient (Wildman–Crippen LogP) is 6.70. The molecule has 7 heteroatoms. The molecule has 0 aromatic heterocycles. The number of hydrogen-bond acceptors (Lipinski definition) is 6. The standard InChI is InChI=1S/C27H21BrN2O3S/c1-17(31)33-30-25-23(19-8-3-2-4-9-19)27(16-15-18-7-5-6-10-22(18)24(27)32)26(34-25)29-21-13-11-20(28)12-14-21/h2-14,23H,15-16H2,1H3/b29-26?,30-25-/t23-,27+/m0/s1. The maximum absolute atomic E-state index is 14.3. The van der Waals surface area contributed by atoms with Gasteiger partial charge in [-0.25, -0.2) is 9.79 Å². The summed E-state index contributed by atoms with van der Waals surface area (Å²) in [4.78, 5) is 36.0. The number of carbonyl (C=O) groups excluding carboxylic acids is 2. The minimum atomic E-state index is -0.938. The second-order valence-electron chi connectivity index (χ2n) is 8.31. The first-order valence-electron chi connectivity index (χ1n) is 10.9. The molecule has 3 aromatic rings. The van der Waals surface area contributed by atoms with E-state index in [4.69, 9.17) is 9.83 Å². The number of Topliss-reactive ketones (excluding diaryl/α,β-unsaturated/α-hetero) is 1. The van der Waals surface area contributed by atoms with Crippen molar-refractivity contribution in [3.63, 3.8) is 0 Å². The topological polar surface area (TPSA) is 68.1 Å². The molecule has 1 aliphatic heterocycles. The van der Waals surface area contributed by atoms with Crippen LogP contribution in [0, 0.1) is 5.41 Å². The molecule has 0 unspecified atom stereocenters. The van der Waals surface area contributed by atoms with Crippen LogP contribution in [0.1, 0.15) is 40.7 Å². The smallest absolute Gasteiger partial charge is 0.318 e. The van der Waals surface area contributed by atoms with Gasteiger partial charge in [-0.2, -0.15) is 0 Å². The monoisotopic (exact) mass is 532 g/mol. The molecule has 0 radical (unpaired) electrons. The van der Waals surface area contributed by atoms with Crippen molar-refractivity contribution in [2.75, 3.05) is 0 Å². The van der Waals surface area contributed by atoms with Crippen LogP contribution in [0.25, 0.3) is 0 Å². The van der Waals surface area contributed by atoms with Gasteiger partial charge in [-0.3, -0.25) is 4.79 Å². The first-order chi connectivity index (χ1) is 16.5. The Morgan fingerprint density at radius 1 is 1.03 bits per heavy atom. The van der Waals surface area contributed by atoms with Crippen LogP contribution in [-0.2, 0) is 16.1 Å². The lowest BCUT2D eigenvalue weighted by atomic mass is 9.62. The Morgan fingerprint density at radius 3 is 2.47 bits per heavy atom. The highest BCUT2D eigenvalue weighted by atomic mass is 79.9. The van der Waals surface area contributed by atoms with Crippen molar-refractivity contribution in [2.45, 2.75) is 25.7 Å². The normalized spacial score (nSPS) is 23.9. The average molecular weight is 533 g/mol. The van der Waals surface area contributed by atoms with Gasteiger partial charge in [0.05, 0.1) is 22.1 Å². The summed E-state index contributed by atoms with van der Waals surface area (Å²) in [7, 11) is 0. The zero-order valence-corrected chi connectivity index (χ0v) is 20.8. The van der Waals surface area contributed by atoms with E-state index in [2.05, 4.69) is 21.1 Å². The molecular weight excluding hydrogens is 512 g/mol. The molecule has 0 N–H and O–H groups in total. The maximum atomic E-state index is 14.3. The second kappa shape index (κ2) is 9.31. The van der Waals surface area contributed by atoms with Crippen LogP contribution in [0.4, 0.5) is 5.69 Å². The van der Waals surface area contributed by atoms with E-state index in [1.54, 1.807) is 0 Å². The number of rotatable bonds is 3. The van der Waals surface area contributed by atoms with Crippen molar-refractivity contribution in [1.29, 1.82) is 0 Å². The summed E-state index contributed by atoms with van der Waals surface area (Å²) in [5, 5.41) is 5.45. The molecule has 1 spiro atoms. The van der Waals surface area contributed by atoms with Crippen molar-refractivity contribution in [3.8, 4) is 0 Å². The number of aliphatic imine (C=N–C) groups is 1. The van der Waals surface area contributed by atoms with E-state index in [9.17, 15) is 9.59 Å². The summed E-state index contributed by atoms with van der Waals surface area (Å²) in [5.41, 5.74) is 2.51. The summed E-state index contributed by atoms with van der Waals surface area (Å²) >= 11 is 4.79. The highest BCUT2D eigenvalue weighted by molar-refractivity contribution is 9.10. The zero-order chi connectivity index (χ0) is 23.7. The van der Waals surface area contributed by atoms with Crippen LogP contribution in [-0.4, -0.2) is 21.8 Å². The molecule has 1 saturated heterocycles. The molecule has 5 rings (SSSR count). The summed E-state index contributed by atoms with van der Waals surface area (Å²) in [6.45, 7) is 1.32. The van der Waals surface area contributed by atoms with Crippen molar-refractivity contribution in [3.05, 3.63) is 100 Å². The molecule has 0 amide bonds. The van der Waals surface area contributed by atoms with Gasteiger partial charge in [0.1, 0.15) is 5.04 Å². The summed E-state index contributed by atoms with van der Waals surface area (Å²) in [6.07, 6.45) is 1.33. The van der Waals surface area contributed by atoms with Crippen LogP contribution in [0.2, 0.25) is 0 Å². The quantitative estimate of drug-likeness (QED) is 0.278. The van der Waals surface area contributed by atoms with Gasteiger partial charge in [0.25, 0.3) is 0 Å². The average Bonchev–Trinajstić information content (AvgIpc) is 3.15. The van der Waals surface area contributed by atoms with E-state index in [-0.39, 0.29) is 5.78 Å². The van der Waals surface area contributed by atoms with Crippen LogP contribution < -0.4 is 0 Å². The molecule has 5 nitrogen and oxygen atoms in total. The molecule has 3 aromatic carbocycles. The lowest BCUT2D eigenvalue weighted by molar-refractivity contribution is -0.140. The predicted molar refractivity (Wildman–Crippen MR) is 139 cm³/mol. The second-order valence-corrected chi connectivity index (χ2v) is 10.2. The van der Waals surface area contributed by atoms with Crippen molar-refractivity contribution in [1.82, 2.24) is 0 Å². The Labute approximate surface area is 210 Å². The van der Waals surface area contributed by atoms with Gasteiger partial charge in [-0.1, -0.05) is 87.4 Å². The molecule has 2 atom stereocenters. The lowest BCUT2D eigenvalue weighted by Crippen LogP contribution is -2.44. The molecule has 0 saturated carbocycles. The van der Waals surface area contributed by atoms with E-state index in [0.29, 0.717) is 22.1 Å². The Hall–Kier alpha value is -3.03. The maximum Gasteiger partial charge on any atom is 0.332 e.